The van der Waals surface area contributed by atoms with Gasteiger partial charge in [-0.25, -0.2) is 9.97 Å². The van der Waals surface area contributed by atoms with Gasteiger partial charge in [-0.05, 0) is 13.8 Å². The van der Waals surface area contributed by atoms with Gasteiger partial charge in [0.05, 0.1) is 18.5 Å². The second-order valence-corrected chi connectivity index (χ2v) is 6.15. The van der Waals surface area contributed by atoms with Crippen LogP contribution in [0.25, 0.3) is 11.2 Å². The Labute approximate surface area is 130 Å². The van der Waals surface area contributed by atoms with E-state index in [1.54, 1.807) is 4.57 Å². The standard InChI is InChI=1S/C13H15ClN4O4/c1-13(2)21-8-6(3-14)20-12(9(8)22-13)18-5-17-7-10(18)15-4-16-11(7)19/h4-6,8-9,12H,3H2,1-2H3,(H,15,16,19)/t6-,8-,9-,12-/m1/s1. The molecule has 0 saturated carbocycles. The number of H-pyrrole nitrogens is 1. The molecule has 4 heterocycles. The van der Waals surface area contributed by atoms with E-state index in [0.29, 0.717) is 5.65 Å². The average molecular weight is 327 g/mol. The van der Waals surface area contributed by atoms with Crippen molar-refractivity contribution in [2.75, 3.05) is 5.88 Å². The van der Waals surface area contributed by atoms with Crippen LogP contribution < -0.4 is 5.56 Å². The molecule has 8 nitrogen and oxygen atoms in total. The van der Waals surface area contributed by atoms with Crippen LogP contribution >= 0.6 is 11.6 Å². The SMILES string of the molecule is CC1(C)O[C@@H]2[C@H](O1)[C@@H](CCl)O[C@H]2n1cnc2c(=O)[nH]cnc21. The molecule has 4 rings (SSSR count). The fourth-order valence-electron chi connectivity index (χ4n) is 3.06. The number of hydrogen-bond donors (Lipinski definition) is 1. The minimum atomic E-state index is -0.705. The maximum absolute atomic E-state index is 11.8. The maximum Gasteiger partial charge on any atom is 0.278 e. The minimum Gasteiger partial charge on any atom is -0.348 e. The number of ether oxygens (including phenoxy) is 3. The highest BCUT2D eigenvalue weighted by Gasteiger charge is 2.55. The zero-order valence-corrected chi connectivity index (χ0v) is 12.8. The number of alkyl halides is 1. The van der Waals surface area contributed by atoms with Crippen molar-refractivity contribution in [2.45, 2.75) is 44.2 Å². The van der Waals surface area contributed by atoms with Crippen molar-refractivity contribution in [1.82, 2.24) is 19.5 Å². The number of fused-ring (bicyclic) bond motifs is 2. The molecule has 0 unspecified atom stereocenters. The molecule has 0 aromatic carbocycles. The first-order chi connectivity index (χ1) is 10.5. The molecule has 2 saturated heterocycles. The number of hydrogen-bond acceptors (Lipinski definition) is 6. The van der Waals surface area contributed by atoms with Gasteiger partial charge in [0, 0.05) is 0 Å². The Balaban J connectivity index is 1.78. The molecule has 2 fully saturated rings. The van der Waals surface area contributed by atoms with Crippen molar-refractivity contribution < 1.29 is 14.2 Å². The van der Waals surface area contributed by atoms with Crippen molar-refractivity contribution in [3.8, 4) is 0 Å². The molecule has 9 heteroatoms. The molecule has 2 aliphatic rings. The van der Waals surface area contributed by atoms with Crippen LogP contribution in [0.4, 0.5) is 0 Å². The molecule has 4 atom stereocenters. The molecule has 2 aliphatic heterocycles. The Morgan fingerprint density at radius 3 is 2.91 bits per heavy atom. The van der Waals surface area contributed by atoms with Crippen molar-refractivity contribution in [2.24, 2.45) is 0 Å². The van der Waals surface area contributed by atoms with Crippen molar-refractivity contribution in [1.29, 1.82) is 0 Å². The van der Waals surface area contributed by atoms with Gasteiger partial charge in [-0.15, -0.1) is 11.6 Å². The molecule has 0 aliphatic carbocycles. The highest BCUT2D eigenvalue weighted by Crippen LogP contribution is 2.43. The second-order valence-electron chi connectivity index (χ2n) is 5.84. The first-order valence-electron chi connectivity index (χ1n) is 6.97. The van der Waals surface area contributed by atoms with Crippen LogP contribution in [-0.2, 0) is 14.2 Å². The van der Waals surface area contributed by atoms with Gasteiger partial charge in [0.25, 0.3) is 5.56 Å². The maximum atomic E-state index is 11.8. The molecule has 2 aromatic heterocycles. The molecule has 0 spiro atoms. The normalized spacial score (nSPS) is 33.4. The smallest absolute Gasteiger partial charge is 0.278 e. The summed E-state index contributed by atoms with van der Waals surface area (Å²) in [6, 6.07) is 0. The van der Waals surface area contributed by atoms with Crippen LogP contribution in [0.5, 0.6) is 0 Å². The Bertz CT molecular complexity index is 773. The third kappa shape index (κ3) is 1.98. The molecule has 0 radical (unpaired) electrons. The molecule has 2 aromatic rings. The van der Waals surface area contributed by atoms with Gasteiger partial charge in [0.15, 0.2) is 23.2 Å². The second kappa shape index (κ2) is 4.76. The molecule has 0 bridgehead atoms. The van der Waals surface area contributed by atoms with Gasteiger partial charge < -0.3 is 19.2 Å². The number of aromatic nitrogens is 4. The van der Waals surface area contributed by atoms with Crippen LogP contribution in [-0.4, -0.2) is 49.5 Å². The Morgan fingerprint density at radius 1 is 1.36 bits per heavy atom. The molecular formula is C13H15ClN4O4. The largest absolute Gasteiger partial charge is 0.348 e. The predicted octanol–water partition coefficient (Wildman–Crippen LogP) is 0.776. The van der Waals surface area contributed by atoms with Gasteiger partial charge in [-0.1, -0.05) is 0 Å². The summed E-state index contributed by atoms with van der Waals surface area (Å²) in [5.74, 6) is -0.416. The summed E-state index contributed by atoms with van der Waals surface area (Å²) in [4.78, 5) is 22.6. The summed E-state index contributed by atoms with van der Waals surface area (Å²) < 4.78 is 19.5. The fraction of sp³-hybridized carbons (Fsp3) is 0.615. The Morgan fingerprint density at radius 2 is 2.14 bits per heavy atom. The monoisotopic (exact) mass is 326 g/mol. The van der Waals surface area contributed by atoms with Gasteiger partial charge in [0.2, 0.25) is 0 Å². The molecule has 0 amide bonds. The average Bonchev–Trinajstić information content (AvgIpc) is 3.10. The molecule has 118 valence electrons. The first kappa shape index (κ1) is 14.1. The summed E-state index contributed by atoms with van der Waals surface area (Å²) in [5.41, 5.74) is 0.405. The van der Waals surface area contributed by atoms with Crippen molar-refractivity contribution in [3.05, 3.63) is 23.0 Å². The zero-order valence-electron chi connectivity index (χ0n) is 12.0. The van der Waals surface area contributed by atoms with Crippen LogP contribution in [0.15, 0.2) is 17.4 Å². The molecular weight excluding hydrogens is 312 g/mol. The van der Waals surface area contributed by atoms with E-state index in [9.17, 15) is 4.79 Å². The number of nitrogens with zero attached hydrogens (tertiary/aromatic N) is 3. The zero-order chi connectivity index (χ0) is 15.5. The lowest BCUT2D eigenvalue weighted by Crippen LogP contribution is -2.30. The summed E-state index contributed by atoms with van der Waals surface area (Å²) in [7, 11) is 0. The van der Waals surface area contributed by atoms with Crippen molar-refractivity contribution in [3.63, 3.8) is 0 Å². The Hall–Kier alpha value is -1.48. The van der Waals surface area contributed by atoms with E-state index < -0.39 is 12.0 Å². The van der Waals surface area contributed by atoms with Gasteiger partial charge in [-0.3, -0.25) is 9.36 Å². The summed E-state index contributed by atoms with van der Waals surface area (Å²) >= 11 is 5.98. The van der Waals surface area contributed by atoms with E-state index in [1.807, 2.05) is 13.8 Å². The van der Waals surface area contributed by atoms with Crippen LogP contribution in [0.2, 0.25) is 0 Å². The quantitative estimate of drug-likeness (QED) is 0.820. The third-order valence-corrected chi connectivity index (χ3v) is 4.22. The summed E-state index contributed by atoms with van der Waals surface area (Å²) in [5, 5.41) is 0. The summed E-state index contributed by atoms with van der Waals surface area (Å²) in [6.07, 6.45) is 1.48. The van der Waals surface area contributed by atoms with Crippen LogP contribution in [0, 0.1) is 0 Å². The Kier molecular flexibility index (Phi) is 3.06. The number of aromatic amines is 1. The molecule has 22 heavy (non-hydrogen) atoms. The van der Waals surface area contributed by atoms with E-state index in [1.165, 1.54) is 12.7 Å². The lowest BCUT2D eigenvalue weighted by molar-refractivity contribution is -0.193. The van der Waals surface area contributed by atoms with Gasteiger partial charge >= 0.3 is 0 Å². The first-order valence-corrected chi connectivity index (χ1v) is 7.51. The fourth-order valence-corrected chi connectivity index (χ4v) is 3.30. The minimum absolute atomic E-state index is 0.259. The number of imidazole rings is 1. The van der Waals surface area contributed by atoms with Gasteiger partial charge in [-0.2, -0.15) is 0 Å². The van der Waals surface area contributed by atoms with Gasteiger partial charge in [0.1, 0.15) is 18.3 Å². The lowest BCUT2D eigenvalue weighted by atomic mass is 10.1. The number of rotatable bonds is 2. The lowest BCUT2D eigenvalue weighted by Gasteiger charge is -2.24. The van der Waals surface area contributed by atoms with E-state index in [4.69, 9.17) is 25.8 Å². The topological polar surface area (TPSA) is 91.3 Å². The number of nitrogens with one attached hydrogen (secondary N) is 1. The van der Waals surface area contributed by atoms with Crippen LogP contribution in [0.3, 0.4) is 0 Å². The number of halogens is 1. The summed E-state index contributed by atoms with van der Waals surface area (Å²) in [6.45, 7) is 3.70. The van der Waals surface area contributed by atoms with E-state index >= 15 is 0 Å². The highest BCUT2D eigenvalue weighted by molar-refractivity contribution is 6.18. The van der Waals surface area contributed by atoms with E-state index in [0.717, 1.165) is 0 Å². The predicted molar refractivity (Wildman–Crippen MR) is 76.6 cm³/mol. The van der Waals surface area contributed by atoms with Crippen LogP contribution in [0.1, 0.15) is 20.1 Å². The van der Waals surface area contributed by atoms with E-state index in [-0.39, 0.29) is 35.3 Å². The van der Waals surface area contributed by atoms with E-state index in [2.05, 4.69) is 15.0 Å². The molecule has 1 N–H and O–H groups in total. The van der Waals surface area contributed by atoms with Crippen molar-refractivity contribution >= 4 is 22.8 Å². The third-order valence-electron chi connectivity index (χ3n) is 3.92. The highest BCUT2D eigenvalue weighted by atomic mass is 35.5.